The third-order valence-electron chi connectivity index (χ3n) is 3.80. The van der Waals surface area contributed by atoms with Gasteiger partial charge in [-0.2, -0.15) is 5.10 Å². The molecule has 0 spiro atoms. The second kappa shape index (κ2) is 8.35. The first-order chi connectivity index (χ1) is 12.7. The van der Waals surface area contributed by atoms with Gasteiger partial charge in [0.05, 0.1) is 19.9 Å². The number of hydrogen-bond donors (Lipinski definition) is 2. The minimum absolute atomic E-state index is 0.536. The molecule has 0 bridgehead atoms. The van der Waals surface area contributed by atoms with Gasteiger partial charge in [-0.15, -0.1) is 0 Å². The first kappa shape index (κ1) is 17.8. The van der Waals surface area contributed by atoms with Crippen LogP contribution in [0.4, 0.5) is 5.69 Å². The molecule has 1 heterocycles. The van der Waals surface area contributed by atoms with Crippen LogP contribution in [0.5, 0.6) is 11.5 Å². The van der Waals surface area contributed by atoms with E-state index >= 15 is 0 Å². The molecule has 0 atom stereocenters. The van der Waals surface area contributed by atoms with Crippen LogP contribution in [0.15, 0.2) is 60.9 Å². The average Bonchev–Trinajstić information content (AvgIpc) is 3.21. The van der Waals surface area contributed by atoms with Crippen LogP contribution in [0.2, 0.25) is 0 Å². The van der Waals surface area contributed by atoms with Crippen molar-refractivity contribution in [1.29, 1.82) is 0 Å². The van der Waals surface area contributed by atoms with E-state index < -0.39 is 0 Å². The second-order valence-electron chi connectivity index (χ2n) is 5.49. The van der Waals surface area contributed by atoms with Crippen molar-refractivity contribution in [2.24, 2.45) is 0 Å². The maximum atomic E-state index is 5.36. The normalized spacial score (nSPS) is 10.2. The van der Waals surface area contributed by atoms with Crippen LogP contribution in [-0.2, 0) is 6.54 Å². The van der Waals surface area contributed by atoms with E-state index in [0.29, 0.717) is 23.2 Å². The molecular formula is C19H20N4O2S. The van der Waals surface area contributed by atoms with Crippen LogP contribution in [0, 0.1) is 0 Å². The molecule has 3 rings (SSSR count). The number of aromatic nitrogens is 2. The third kappa shape index (κ3) is 4.31. The van der Waals surface area contributed by atoms with Crippen molar-refractivity contribution < 1.29 is 9.47 Å². The predicted molar refractivity (Wildman–Crippen MR) is 106 cm³/mol. The van der Waals surface area contributed by atoms with Crippen LogP contribution in [0.25, 0.3) is 5.69 Å². The first-order valence-corrected chi connectivity index (χ1v) is 8.46. The van der Waals surface area contributed by atoms with E-state index in [1.807, 2.05) is 59.4 Å². The zero-order valence-corrected chi connectivity index (χ0v) is 15.4. The van der Waals surface area contributed by atoms with Crippen LogP contribution in [0.1, 0.15) is 5.56 Å². The van der Waals surface area contributed by atoms with Crippen molar-refractivity contribution in [1.82, 2.24) is 15.1 Å². The van der Waals surface area contributed by atoms with Crippen LogP contribution in [0.3, 0.4) is 0 Å². The Hall–Kier alpha value is -3.06. The quantitative estimate of drug-likeness (QED) is 0.651. The lowest BCUT2D eigenvalue weighted by Crippen LogP contribution is -2.27. The molecule has 3 aromatic rings. The van der Waals surface area contributed by atoms with Crippen molar-refractivity contribution in [2.75, 3.05) is 19.5 Å². The molecular weight excluding hydrogens is 348 g/mol. The molecule has 0 aliphatic heterocycles. The molecule has 1 aromatic heterocycles. The van der Waals surface area contributed by atoms with E-state index in [0.717, 1.165) is 16.9 Å². The fourth-order valence-corrected chi connectivity index (χ4v) is 2.65. The van der Waals surface area contributed by atoms with Crippen molar-refractivity contribution in [3.8, 4) is 17.2 Å². The van der Waals surface area contributed by atoms with Gasteiger partial charge in [0, 0.05) is 30.7 Å². The molecule has 0 amide bonds. The summed E-state index contributed by atoms with van der Waals surface area (Å²) in [7, 11) is 3.21. The van der Waals surface area contributed by atoms with E-state index in [2.05, 4.69) is 15.7 Å². The predicted octanol–water partition coefficient (Wildman–Crippen LogP) is 3.38. The summed E-state index contributed by atoms with van der Waals surface area (Å²) in [4.78, 5) is 0. The van der Waals surface area contributed by atoms with Crippen molar-refractivity contribution in [3.63, 3.8) is 0 Å². The van der Waals surface area contributed by atoms with Crippen molar-refractivity contribution in [2.45, 2.75) is 6.54 Å². The molecule has 0 unspecified atom stereocenters. The van der Waals surface area contributed by atoms with Crippen LogP contribution >= 0.6 is 12.2 Å². The van der Waals surface area contributed by atoms with Gasteiger partial charge in [0.2, 0.25) is 0 Å². The highest BCUT2D eigenvalue weighted by molar-refractivity contribution is 7.80. The maximum Gasteiger partial charge on any atom is 0.171 e. The first-order valence-electron chi connectivity index (χ1n) is 8.05. The third-order valence-corrected chi connectivity index (χ3v) is 4.05. The van der Waals surface area contributed by atoms with Gasteiger partial charge < -0.3 is 20.1 Å². The van der Waals surface area contributed by atoms with Crippen molar-refractivity contribution >= 4 is 23.0 Å². The standard InChI is InChI=1S/C19H20N4O2S/c1-24-17-9-6-15(12-18(17)25-2)22-19(26)20-13-14-4-7-16(8-5-14)23-11-3-10-21-23/h3-12H,13H2,1-2H3,(H2,20,22,26). The molecule has 134 valence electrons. The molecule has 0 fully saturated rings. The molecule has 2 N–H and O–H groups in total. The SMILES string of the molecule is COc1ccc(NC(=S)NCc2ccc(-n3cccn3)cc2)cc1OC. The highest BCUT2D eigenvalue weighted by Crippen LogP contribution is 2.29. The molecule has 0 aliphatic rings. The number of nitrogens with one attached hydrogen (secondary N) is 2. The molecule has 2 aromatic carbocycles. The summed E-state index contributed by atoms with van der Waals surface area (Å²) in [6, 6.07) is 15.6. The number of benzene rings is 2. The zero-order valence-electron chi connectivity index (χ0n) is 14.6. The summed E-state index contributed by atoms with van der Waals surface area (Å²) in [5.74, 6) is 1.32. The monoisotopic (exact) mass is 368 g/mol. The minimum Gasteiger partial charge on any atom is -0.493 e. The fourth-order valence-electron chi connectivity index (χ4n) is 2.46. The molecule has 6 nitrogen and oxygen atoms in total. The number of methoxy groups -OCH3 is 2. The Morgan fingerprint density at radius 2 is 1.85 bits per heavy atom. The lowest BCUT2D eigenvalue weighted by atomic mass is 10.2. The summed E-state index contributed by atoms with van der Waals surface area (Å²) < 4.78 is 12.3. The Kier molecular flexibility index (Phi) is 5.70. The number of hydrogen-bond acceptors (Lipinski definition) is 4. The zero-order chi connectivity index (χ0) is 18.4. The number of thiocarbonyl (C=S) groups is 1. The van der Waals surface area contributed by atoms with Gasteiger partial charge in [-0.1, -0.05) is 12.1 Å². The number of nitrogens with zero attached hydrogens (tertiary/aromatic N) is 2. The highest BCUT2D eigenvalue weighted by atomic mass is 32.1. The van der Waals surface area contributed by atoms with E-state index in [-0.39, 0.29) is 0 Å². The molecule has 26 heavy (non-hydrogen) atoms. The summed E-state index contributed by atoms with van der Waals surface area (Å²) >= 11 is 5.36. The number of ether oxygens (including phenoxy) is 2. The summed E-state index contributed by atoms with van der Waals surface area (Å²) in [5.41, 5.74) is 2.97. The van der Waals surface area contributed by atoms with E-state index in [1.54, 1.807) is 20.4 Å². The largest absolute Gasteiger partial charge is 0.493 e. The van der Waals surface area contributed by atoms with Gasteiger partial charge in [-0.05, 0) is 48.1 Å². The molecule has 0 aliphatic carbocycles. The Bertz CT molecular complexity index is 864. The fraction of sp³-hybridized carbons (Fsp3) is 0.158. The van der Waals surface area contributed by atoms with Gasteiger partial charge in [0.15, 0.2) is 16.6 Å². The lowest BCUT2D eigenvalue weighted by molar-refractivity contribution is 0.355. The lowest BCUT2D eigenvalue weighted by Gasteiger charge is -2.13. The van der Waals surface area contributed by atoms with Crippen LogP contribution < -0.4 is 20.1 Å². The summed E-state index contributed by atoms with van der Waals surface area (Å²) in [6.07, 6.45) is 3.67. The van der Waals surface area contributed by atoms with Gasteiger partial charge in [-0.25, -0.2) is 4.68 Å². The van der Waals surface area contributed by atoms with Gasteiger partial charge in [0.25, 0.3) is 0 Å². The summed E-state index contributed by atoms with van der Waals surface area (Å²) in [5, 5.41) is 11.1. The number of anilines is 1. The van der Waals surface area contributed by atoms with Gasteiger partial charge in [0.1, 0.15) is 0 Å². The Morgan fingerprint density at radius 3 is 2.50 bits per heavy atom. The Morgan fingerprint density at radius 1 is 1.08 bits per heavy atom. The van der Waals surface area contributed by atoms with Crippen molar-refractivity contribution in [3.05, 3.63) is 66.5 Å². The second-order valence-corrected chi connectivity index (χ2v) is 5.90. The Labute approximate surface area is 157 Å². The highest BCUT2D eigenvalue weighted by Gasteiger charge is 2.06. The van der Waals surface area contributed by atoms with Gasteiger partial charge in [-0.3, -0.25) is 0 Å². The van der Waals surface area contributed by atoms with Crippen LogP contribution in [-0.4, -0.2) is 29.1 Å². The molecule has 0 saturated heterocycles. The maximum absolute atomic E-state index is 5.36. The number of rotatable bonds is 6. The molecule has 0 saturated carbocycles. The smallest absolute Gasteiger partial charge is 0.171 e. The molecule has 7 heteroatoms. The van der Waals surface area contributed by atoms with Gasteiger partial charge >= 0.3 is 0 Å². The minimum atomic E-state index is 0.536. The van der Waals surface area contributed by atoms with E-state index in [4.69, 9.17) is 21.7 Å². The average molecular weight is 368 g/mol. The van der Waals surface area contributed by atoms with E-state index in [1.165, 1.54) is 0 Å². The topological polar surface area (TPSA) is 60.3 Å². The Balaban J connectivity index is 1.55. The van der Waals surface area contributed by atoms with E-state index in [9.17, 15) is 0 Å². The molecule has 0 radical (unpaired) electrons. The summed E-state index contributed by atoms with van der Waals surface area (Å²) in [6.45, 7) is 0.624.